The lowest BCUT2D eigenvalue weighted by Crippen LogP contribution is -2.47. The standard InChI is InChI=1S/C14H28N2O2S.ClH/c1-2-11-16(14-7-9-15-10-8-14)19(17,18)12-13-5-3-4-6-13;/h13-15H,2-12H2,1H3;1H. The third-order valence-corrected chi connectivity index (χ3v) is 6.53. The second-order valence-electron chi connectivity index (χ2n) is 6.02. The fraction of sp³-hybridized carbons (Fsp3) is 1.00. The molecule has 0 amide bonds. The van der Waals surface area contributed by atoms with Crippen molar-refractivity contribution < 1.29 is 8.42 Å². The first kappa shape index (κ1) is 18.2. The summed E-state index contributed by atoms with van der Waals surface area (Å²) in [5.74, 6) is 0.794. The zero-order chi connectivity index (χ0) is 13.7. The van der Waals surface area contributed by atoms with Crippen LogP contribution in [0.3, 0.4) is 0 Å². The van der Waals surface area contributed by atoms with Crippen molar-refractivity contribution in [3.8, 4) is 0 Å². The summed E-state index contributed by atoms with van der Waals surface area (Å²) in [5.41, 5.74) is 0. The minimum absolute atomic E-state index is 0. The second kappa shape index (κ2) is 8.57. The maximum Gasteiger partial charge on any atom is 0.214 e. The Morgan fingerprint density at radius 2 is 1.70 bits per heavy atom. The zero-order valence-corrected chi connectivity index (χ0v) is 14.1. The van der Waals surface area contributed by atoms with Gasteiger partial charge in [0.15, 0.2) is 0 Å². The van der Waals surface area contributed by atoms with Crippen LogP contribution in [0.25, 0.3) is 0 Å². The second-order valence-corrected chi connectivity index (χ2v) is 7.99. The third kappa shape index (κ3) is 4.86. The molecule has 0 spiro atoms. The van der Waals surface area contributed by atoms with E-state index in [-0.39, 0.29) is 18.4 Å². The first-order valence-electron chi connectivity index (χ1n) is 7.83. The van der Waals surface area contributed by atoms with Gasteiger partial charge < -0.3 is 5.32 Å². The number of piperidine rings is 1. The summed E-state index contributed by atoms with van der Waals surface area (Å²) in [6.45, 7) is 4.66. The van der Waals surface area contributed by atoms with Crippen molar-refractivity contribution in [1.29, 1.82) is 0 Å². The summed E-state index contributed by atoms with van der Waals surface area (Å²) < 4.78 is 27.2. The Morgan fingerprint density at radius 3 is 2.25 bits per heavy atom. The summed E-state index contributed by atoms with van der Waals surface area (Å²) in [6.07, 6.45) is 7.46. The molecule has 1 N–H and O–H groups in total. The maximum absolute atomic E-state index is 12.7. The highest BCUT2D eigenvalue weighted by Gasteiger charge is 2.32. The number of nitrogens with zero attached hydrogens (tertiary/aromatic N) is 1. The molecule has 4 nitrogen and oxygen atoms in total. The minimum atomic E-state index is -3.06. The normalized spacial score (nSPS) is 22.1. The molecule has 0 bridgehead atoms. The molecule has 1 saturated heterocycles. The smallest absolute Gasteiger partial charge is 0.214 e. The van der Waals surface area contributed by atoms with Crippen molar-refractivity contribution in [3.05, 3.63) is 0 Å². The first-order chi connectivity index (χ1) is 9.13. The highest BCUT2D eigenvalue weighted by atomic mass is 35.5. The molecule has 0 unspecified atom stereocenters. The van der Waals surface area contributed by atoms with E-state index in [1.807, 2.05) is 4.31 Å². The molecule has 2 rings (SSSR count). The van der Waals surface area contributed by atoms with Crippen molar-refractivity contribution in [1.82, 2.24) is 9.62 Å². The maximum atomic E-state index is 12.7. The van der Waals surface area contributed by atoms with Crippen LogP contribution in [-0.2, 0) is 10.0 Å². The van der Waals surface area contributed by atoms with Crippen molar-refractivity contribution in [3.63, 3.8) is 0 Å². The minimum Gasteiger partial charge on any atom is -0.317 e. The molecule has 20 heavy (non-hydrogen) atoms. The monoisotopic (exact) mass is 324 g/mol. The van der Waals surface area contributed by atoms with Gasteiger partial charge in [-0.05, 0) is 51.1 Å². The molecule has 1 aliphatic carbocycles. The van der Waals surface area contributed by atoms with E-state index >= 15 is 0 Å². The average molecular weight is 325 g/mol. The molecule has 0 aromatic heterocycles. The van der Waals surface area contributed by atoms with Crippen LogP contribution in [0.4, 0.5) is 0 Å². The predicted octanol–water partition coefficient (Wildman–Crippen LogP) is 2.39. The number of hydrogen-bond donors (Lipinski definition) is 1. The number of hydrogen-bond acceptors (Lipinski definition) is 3. The lowest BCUT2D eigenvalue weighted by molar-refractivity contribution is 0.261. The summed E-state index contributed by atoms with van der Waals surface area (Å²) in [4.78, 5) is 0. The van der Waals surface area contributed by atoms with Gasteiger partial charge in [-0.1, -0.05) is 19.8 Å². The molecular formula is C14H29ClN2O2S. The van der Waals surface area contributed by atoms with E-state index in [2.05, 4.69) is 12.2 Å². The van der Waals surface area contributed by atoms with Gasteiger partial charge in [0.25, 0.3) is 0 Å². The van der Waals surface area contributed by atoms with Crippen molar-refractivity contribution >= 4 is 22.4 Å². The van der Waals surface area contributed by atoms with Crippen molar-refractivity contribution in [2.75, 3.05) is 25.4 Å². The summed E-state index contributed by atoms with van der Waals surface area (Å²) >= 11 is 0. The largest absolute Gasteiger partial charge is 0.317 e. The fourth-order valence-corrected chi connectivity index (χ4v) is 5.68. The zero-order valence-electron chi connectivity index (χ0n) is 12.5. The van der Waals surface area contributed by atoms with Gasteiger partial charge in [-0.15, -0.1) is 12.4 Å². The molecule has 2 fully saturated rings. The van der Waals surface area contributed by atoms with Gasteiger partial charge >= 0.3 is 0 Å². The summed E-state index contributed by atoms with van der Waals surface area (Å²) in [7, 11) is -3.06. The number of nitrogens with one attached hydrogen (secondary N) is 1. The SMILES string of the molecule is CCCN(C1CCNCC1)S(=O)(=O)CC1CCCC1.Cl. The Morgan fingerprint density at radius 1 is 1.10 bits per heavy atom. The van der Waals surface area contributed by atoms with Gasteiger partial charge in [0.1, 0.15) is 0 Å². The molecule has 1 aliphatic heterocycles. The van der Waals surface area contributed by atoms with E-state index in [0.29, 0.717) is 18.2 Å². The molecule has 1 saturated carbocycles. The molecule has 0 aromatic carbocycles. The first-order valence-corrected chi connectivity index (χ1v) is 9.44. The van der Waals surface area contributed by atoms with E-state index < -0.39 is 10.0 Å². The summed E-state index contributed by atoms with van der Waals surface area (Å²) in [5, 5.41) is 3.31. The van der Waals surface area contributed by atoms with Crippen LogP contribution in [0.2, 0.25) is 0 Å². The van der Waals surface area contributed by atoms with Crippen LogP contribution < -0.4 is 5.32 Å². The van der Waals surface area contributed by atoms with E-state index in [4.69, 9.17) is 0 Å². The van der Waals surface area contributed by atoms with E-state index in [1.165, 1.54) is 12.8 Å². The molecule has 120 valence electrons. The van der Waals surface area contributed by atoms with Crippen LogP contribution in [0.15, 0.2) is 0 Å². The van der Waals surface area contributed by atoms with Gasteiger partial charge in [-0.25, -0.2) is 8.42 Å². The van der Waals surface area contributed by atoms with Gasteiger partial charge in [0, 0.05) is 12.6 Å². The van der Waals surface area contributed by atoms with Gasteiger partial charge in [-0.2, -0.15) is 4.31 Å². The topological polar surface area (TPSA) is 49.4 Å². The predicted molar refractivity (Wildman–Crippen MR) is 85.9 cm³/mol. The number of sulfonamides is 1. The third-order valence-electron chi connectivity index (χ3n) is 4.44. The Balaban J connectivity index is 0.00000200. The van der Waals surface area contributed by atoms with E-state index in [9.17, 15) is 8.42 Å². The van der Waals surface area contributed by atoms with Crippen LogP contribution in [0, 0.1) is 5.92 Å². The Hall–Kier alpha value is 0.160. The van der Waals surface area contributed by atoms with Crippen LogP contribution in [0.1, 0.15) is 51.9 Å². The lowest BCUT2D eigenvalue weighted by atomic mass is 10.1. The molecule has 0 atom stereocenters. The van der Waals surface area contributed by atoms with Crippen LogP contribution in [-0.4, -0.2) is 44.2 Å². The van der Waals surface area contributed by atoms with Crippen molar-refractivity contribution in [2.24, 2.45) is 5.92 Å². The van der Waals surface area contributed by atoms with Gasteiger partial charge in [0.05, 0.1) is 5.75 Å². The van der Waals surface area contributed by atoms with E-state index in [1.54, 1.807) is 0 Å². The molecular weight excluding hydrogens is 296 g/mol. The molecule has 1 heterocycles. The van der Waals surface area contributed by atoms with Gasteiger partial charge in [0.2, 0.25) is 10.0 Å². The highest BCUT2D eigenvalue weighted by molar-refractivity contribution is 7.89. The number of rotatable bonds is 6. The Bertz CT molecular complexity index is 363. The fourth-order valence-electron chi connectivity index (χ4n) is 3.43. The average Bonchev–Trinajstić information content (AvgIpc) is 2.89. The van der Waals surface area contributed by atoms with Crippen LogP contribution in [0.5, 0.6) is 0 Å². The van der Waals surface area contributed by atoms with Gasteiger partial charge in [-0.3, -0.25) is 0 Å². The van der Waals surface area contributed by atoms with Crippen molar-refractivity contribution in [2.45, 2.75) is 57.9 Å². The van der Waals surface area contributed by atoms with Crippen LogP contribution >= 0.6 is 12.4 Å². The Kier molecular flexibility index (Phi) is 7.80. The highest BCUT2D eigenvalue weighted by Crippen LogP contribution is 2.28. The summed E-state index contributed by atoms with van der Waals surface area (Å²) in [6, 6.07) is 0.229. The van der Waals surface area contributed by atoms with E-state index in [0.717, 1.165) is 45.2 Å². The lowest BCUT2D eigenvalue weighted by Gasteiger charge is -2.34. The quantitative estimate of drug-likeness (QED) is 0.816. The molecule has 0 radical (unpaired) electrons. The molecule has 6 heteroatoms. The molecule has 0 aromatic rings. The Labute approximate surface area is 130 Å². The molecule has 2 aliphatic rings. The number of halogens is 1.